The van der Waals surface area contributed by atoms with Crippen molar-refractivity contribution in [3.05, 3.63) is 48.2 Å². The normalized spacial score (nSPS) is 18.8. The summed E-state index contributed by atoms with van der Waals surface area (Å²) in [4.78, 5) is 1.85. The van der Waals surface area contributed by atoms with E-state index in [0.29, 0.717) is 13.0 Å². The number of benzene rings is 1. The molecule has 0 aliphatic carbocycles. The summed E-state index contributed by atoms with van der Waals surface area (Å²) in [5, 5.41) is 12.6. The lowest BCUT2D eigenvalue weighted by Gasteiger charge is -2.38. The molecule has 0 fully saturated rings. The predicted octanol–water partition coefficient (Wildman–Crippen LogP) is 1.68. The largest absolute Gasteiger partial charge is 0.496 e. The van der Waals surface area contributed by atoms with Crippen molar-refractivity contribution in [1.82, 2.24) is 10.2 Å². The molecule has 0 spiro atoms. The van der Waals surface area contributed by atoms with Crippen molar-refractivity contribution in [3.63, 3.8) is 0 Å². The highest BCUT2D eigenvalue weighted by atomic mass is 32.1. The Hall–Kier alpha value is -2.72. The van der Waals surface area contributed by atoms with Crippen molar-refractivity contribution in [3.8, 4) is 17.6 Å². The van der Waals surface area contributed by atoms with Crippen molar-refractivity contribution >= 4 is 17.3 Å². The number of hydrogen-bond donors (Lipinski definition) is 2. The number of hydrogen-bond acceptors (Lipinski definition) is 5. The lowest BCUT2D eigenvalue weighted by atomic mass is 10.0. The molecule has 24 heavy (non-hydrogen) atoms. The van der Waals surface area contributed by atoms with E-state index in [9.17, 15) is 5.26 Å². The Labute approximate surface area is 147 Å². The summed E-state index contributed by atoms with van der Waals surface area (Å²) in [6, 6.07) is 7.88. The van der Waals surface area contributed by atoms with Crippen LogP contribution in [-0.4, -0.2) is 36.4 Å². The van der Waals surface area contributed by atoms with Gasteiger partial charge in [-0.3, -0.25) is 0 Å². The maximum atomic E-state index is 9.66. The number of nitrogens with two attached hydrogens (primary N) is 1. The Kier molecular flexibility index (Phi) is 5.66. The van der Waals surface area contributed by atoms with Crippen LogP contribution in [0.4, 0.5) is 0 Å². The van der Waals surface area contributed by atoms with E-state index in [2.05, 4.69) is 11.4 Å². The van der Waals surface area contributed by atoms with Crippen LogP contribution in [0.25, 0.3) is 0 Å². The second-order valence-corrected chi connectivity index (χ2v) is 5.59. The van der Waals surface area contributed by atoms with Crippen LogP contribution in [0, 0.1) is 11.3 Å². The molecule has 7 heteroatoms. The minimum atomic E-state index is -1.10. The van der Waals surface area contributed by atoms with E-state index in [0.717, 1.165) is 17.1 Å². The number of nitriles is 1. The molecule has 1 aliphatic heterocycles. The quantitative estimate of drug-likeness (QED) is 0.760. The Morgan fingerprint density at radius 2 is 2.00 bits per heavy atom. The van der Waals surface area contributed by atoms with E-state index >= 15 is 0 Å². The molecule has 0 saturated heterocycles. The number of allylic oxidation sites excluding steroid dienone is 2. The van der Waals surface area contributed by atoms with Gasteiger partial charge >= 0.3 is 0 Å². The van der Waals surface area contributed by atoms with E-state index in [-0.39, 0.29) is 5.11 Å². The molecule has 0 amide bonds. The summed E-state index contributed by atoms with van der Waals surface area (Å²) in [6.45, 7) is 0.542. The number of rotatable bonds is 6. The van der Waals surface area contributed by atoms with Crippen LogP contribution < -0.4 is 20.5 Å². The van der Waals surface area contributed by atoms with Gasteiger partial charge in [-0.15, -0.1) is 0 Å². The van der Waals surface area contributed by atoms with Crippen molar-refractivity contribution in [2.45, 2.75) is 12.1 Å². The first-order valence-corrected chi connectivity index (χ1v) is 7.78. The Morgan fingerprint density at radius 3 is 2.54 bits per heavy atom. The molecule has 0 aromatic heterocycles. The summed E-state index contributed by atoms with van der Waals surface area (Å²) in [5.41, 5.74) is 5.43. The zero-order chi connectivity index (χ0) is 17.6. The summed E-state index contributed by atoms with van der Waals surface area (Å²) >= 11 is 4.92. The van der Waals surface area contributed by atoms with Crippen LogP contribution in [0.3, 0.4) is 0 Å². The maximum Gasteiger partial charge on any atom is 0.221 e. The summed E-state index contributed by atoms with van der Waals surface area (Å²) < 4.78 is 10.8. The summed E-state index contributed by atoms with van der Waals surface area (Å²) in [6.07, 6.45) is 7.82. The molecule has 1 aliphatic rings. The highest BCUT2D eigenvalue weighted by molar-refractivity contribution is 7.80. The van der Waals surface area contributed by atoms with Gasteiger partial charge in [-0.2, -0.15) is 5.26 Å². The molecule has 6 nitrogen and oxygen atoms in total. The highest BCUT2D eigenvalue weighted by Crippen LogP contribution is 2.30. The molecule has 126 valence electrons. The van der Waals surface area contributed by atoms with Gasteiger partial charge in [0.25, 0.3) is 0 Å². The Balaban J connectivity index is 2.24. The van der Waals surface area contributed by atoms with Crippen LogP contribution >= 0.6 is 12.2 Å². The molecule has 0 radical (unpaired) electrons. The molecule has 1 aromatic carbocycles. The first-order valence-electron chi connectivity index (χ1n) is 7.38. The van der Waals surface area contributed by atoms with E-state index in [1.54, 1.807) is 26.4 Å². The van der Waals surface area contributed by atoms with Crippen LogP contribution in [-0.2, 0) is 6.42 Å². The van der Waals surface area contributed by atoms with Crippen molar-refractivity contribution in [1.29, 1.82) is 5.26 Å². The van der Waals surface area contributed by atoms with Crippen molar-refractivity contribution in [2.75, 3.05) is 20.8 Å². The van der Waals surface area contributed by atoms with E-state index < -0.39 is 5.66 Å². The predicted molar refractivity (Wildman–Crippen MR) is 96.5 cm³/mol. The number of methoxy groups -OCH3 is 2. The number of nitrogens with zero attached hydrogens (tertiary/aromatic N) is 2. The van der Waals surface area contributed by atoms with Crippen molar-refractivity contribution in [2.24, 2.45) is 5.73 Å². The molecular formula is C17H20N4O2S. The van der Waals surface area contributed by atoms with E-state index in [1.807, 2.05) is 35.4 Å². The fourth-order valence-corrected chi connectivity index (χ4v) is 2.81. The van der Waals surface area contributed by atoms with Gasteiger partial charge in [-0.05, 0) is 42.9 Å². The zero-order valence-electron chi connectivity index (χ0n) is 13.7. The van der Waals surface area contributed by atoms with Gasteiger partial charge < -0.3 is 25.4 Å². The second-order valence-electron chi connectivity index (χ2n) is 5.15. The number of thiocarbonyl (C=S) groups is 1. The lowest BCUT2D eigenvalue weighted by molar-refractivity contribution is 0.234. The molecule has 0 bridgehead atoms. The lowest BCUT2D eigenvalue weighted by Crippen LogP contribution is -2.59. The highest BCUT2D eigenvalue weighted by Gasteiger charge is 2.34. The van der Waals surface area contributed by atoms with Gasteiger partial charge in [-0.1, -0.05) is 12.1 Å². The third kappa shape index (κ3) is 3.60. The number of nitrogens with one attached hydrogen (secondary N) is 1. The smallest absolute Gasteiger partial charge is 0.221 e. The third-order valence-electron chi connectivity index (χ3n) is 3.78. The Morgan fingerprint density at radius 1 is 1.33 bits per heavy atom. The third-order valence-corrected chi connectivity index (χ3v) is 3.89. The molecule has 1 aromatic rings. The van der Waals surface area contributed by atoms with E-state index in [4.69, 9.17) is 27.4 Å². The molecule has 3 N–H and O–H groups in total. The first-order chi connectivity index (χ1) is 11.6. The SMILES string of the molecule is COc1cccc(OC)c1CCN1C=CC=CC1(C#N)NC(N)=S. The fraction of sp³-hybridized carbons (Fsp3) is 0.294. The average molecular weight is 344 g/mol. The standard InChI is InChI=1S/C17H20N4O2S/c1-22-14-6-5-7-15(23-2)13(14)8-11-21-10-4-3-9-17(21,12-18)20-16(19)24/h3-7,9-10H,8,11H2,1-2H3,(H3,19,20,24). The molecular weight excluding hydrogens is 324 g/mol. The van der Waals surface area contributed by atoms with Gasteiger partial charge in [0.05, 0.1) is 14.2 Å². The fourth-order valence-electron chi connectivity index (χ4n) is 2.65. The van der Waals surface area contributed by atoms with E-state index in [1.165, 1.54) is 0 Å². The minimum absolute atomic E-state index is 0.0661. The summed E-state index contributed by atoms with van der Waals surface area (Å²) in [5.74, 6) is 1.49. The topological polar surface area (TPSA) is 83.5 Å². The zero-order valence-corrected chi connectivity index (χ0v) is 14.5. The van der Waals surface area contributed by atoms with Crippen LogP contribution in [0.5, 0.6) is 11.5 Å². The molecule has 0 saturated carbocycles. The van der Waals surface area contributed by atoms with Crippen LogP contribution in [0.2, 0.25) is 0 Å². The first kappa shape index (κ1) is 17.6. The van der Waals surface area contributed by atoms with Gasteiger partial charge in [0.2, 0.25) is 5.66 Å². The Bertz CT molecular complexity index is 689. The number of ether oxygens (including phenoxy) is 2. The maximum absolute atomic E-state index is 9.66. The van der Waals surface area contributed by atoms with Crippen molar-refractivity contribution < 1.29 is 9.47 Å². The van der Waals surface area contributed by atoms with Gasteiger partial charge in [-0.25, -0.2) is 0 Å². The minimum Gasteiger partial charge on any atom is -0.496 e. The monoisotopic (exact) mass is 344 g/mol. The van der Waals surface area contributed by atoms with Crippen LogP contribution in [0.15, 0.2) is 42.6 Å². The second kappa shape index (κ2) is 7.70. The van der Waals surface area contributed by atoms with Crippen LogP contribution in [0.1, 0.15) is 5.56 Å². The van der Waals surface area contributed by atoms with Gasteiger partial charge in [0, 0.05) is 18.3 Å². The average Bonchev–Trinajstić information content (AvgIpc) is 2.60. The molecule has 1 unspecified atom stereocenters. The van der Waals surface area contributed by atoms with Gasteiger partial charge in [0.1, 0.15) is 17.6 Å². The summed E-state index contributed by atoms with van der Waals surface area (Å²) in [7, 11) is 3.24. The molecule has 2 rings (SSSR count). The van der Waals surface area contributed by atoms with Gasteiger partial charge in [0.15, 0.2) is 5.11 Å². The molecule has 1 atom stereocenters. The molecule has 1 heterocycles.